The van der Waals surface area contributed by atoms with Gasteiger partial charge in [0.15, 0.2) is 0 Å². The molecule has 8 nitrogen and oxygen atoms in total. The van der Waals surface area contributed by atoms with Crippen LogP contribution in [0.15, 0.2) is 10.6 Å². The minimum atomic E-state index is -3.23. The van der Waals surface area contributed by atoms with Crippen LogP contribution in [0.1, 0.15) is 29.1 Å². The van der Waals surface area contributed by atoms with Gasteiger partial charge >= 0.3 is 0 Å². The Kier molecular flexibility index (Phi) is 4.91. The largest absolute Gasteiger partial charge is 0.384 e. The summed E-state index contributed by atoms with van der Waals surface area (Å²) >= 11 is 0. The highest BCUT2D eigenvalue weighted by molar-refractivity contribution is 7.88. The molecule has 0 N–H and O–H groups in total. The lowest BCUT2D eigenvalue weighted by Crippen LogP contribution is -2.47. The Morgan fingerprint density at radius 1 is 1.44 bits per heavy atom. The van der Waals surface area contributed by atoms with Crippen molar-refractivity contribution >= 4 is 15.9 Å². The van der Waals surface area contributed by atoms with Crippen LogP contribution in [0.4, 0.5) is 0 Å². The van der Waals surface area contributed by atoms with E-state index in [1.54, 1.807) is 29.3 Å². The number of nitrogens with zero attached hydrogens (tertiary/aromatic N) is 3. The van der Waals surface area contributed by atoms with E-state index in [1.807, 2.05) is 0 Å². The van der Waals surface area contributed by atoms with Gasteiger partial charge in [-0.25, -0.2) is 12.7 Å². The fourth-order valence-corrected chi connectivity index (χ4v) is 4.95. The molecule has 2 aliphatic rings. The summed E-state index contributed by atoms with van der Waals surface area (Å²) in [6.45, 7) is 4.46. The summed E-state index contributed by atoms with van der Waals surface area (Å²) in [6.07, 6.45) is 2.76. The van der Waals surface area contributed by atoms with Crippen molar-refractivity contribution < 1.29 is 22.5 Å². The Morgan fingerprint density at radius 3 is 2.64 bits per heavy atom. The summed E-state index contributed by atoms with van der Waals surface area (Å²) in [4.78, 5) is 14.3. The van der Waals surface area contributed by atoms with Crippen LogP contribution in [0.5, 0.6) is 0 Å². The Balaban J connectivity index is 1.71. The smallest absolute Gasteiger partial charge is 0.292 e. The summed E-state index contributed by atoms with van der Waals surface area (Å²) < 4.78 is 35.9. The number of rotatable bonds is 4. The van der Waals surface area contributed by atoms with Gasteiger partial charge in [-0.1, -0.05) is 5.16 Å². The minimum Gasteiger partial charge on any atom is -0.384 e. The predicted octanol–water partition coefficient (Wildman–Crippen LogP) is 0.743. The van der Waals surface area contributed by atoms with E-state index in [4.69, 9.17) is 9.26 Å². The molecular formula is C16H25N3O5S. The van der Waals surface area contributed by atoms with Gasteiger partial charge in [0.2, 0.25) is 15.8 Å². The zero-order chi connectivity index (χ0) is 18.2. The number of aromatic nitrogens is 1. The lowest BCUT2D eigenvalue weighted by Gasteiger charge is -2.42. The summed E-state index contributed by atoms with van der Waals surface area (Å²) in [7, 11) is -1.58. The molecule has 0 radical (unpaired) electrons. The van der Waals surface area contributed by atoms with E-state index < -0.39 is 10.0 Å². The van der Waals surface area contributed by atoms with Gasteiger partial charge in [-0.05, 0) is 25.2 Å². The fourth-order valence-electron chi connectivity index (χ4n) is 4.01. The molecule has 3 rings (SSSR count). The standard InChI is InChI=1S/C16H25N3O5S/c1-12-8-14(24-17-12)15(20)18-6-4-16(5-7-18)11-19(25(3,21)22)9-13(16)10-23-2/h8,13H,4-7,9-11H2,1-3H3/t13-/m0/s1. The van der Waals surface area contributed by atoms with E-state index in [-0.39, 0.29) is 23.0 Å². The number of methoxy groups -OCH3 is 1. The highest BCUT2D eigenvalue weighted by atomic mass is 32.2. The number of ether oxygens (including phenoxy) is 1. The lowest BCUT2D eigenvalue weighted by atomic mass is 9.71. The molecule has 0 bridgehead atoms. The van der Waals surface area contributed by atoms with Crippen molar-refractivity contribution in [2.24, 2.45) is 11.3 Å². The van der Waals surface area contributed by atoms with E-state index in [1.165, 1.54) is 6.26 Å². The maximum Gasteiger partial charge on any atom is 0.292 e. The van der Waals surface area contributed by atoms with Crippen molar-refractivity contribution in [3.63, 3.8) is 0 Å². The van der Waals surface area contributed by atoms with Crippen molar-refractivity contribution in [1.29, 1.82) is 0 Å². The SMILES string of the molecule is COC[C@@H]1CN(S(C)(=O)=O)CC12CCN(C(=O)c1cc(C)no1)CC2. The zero-order valence-electron chi connectivity index (χ0n) is 14.9. The van der Waals surface area contributed by atoms with Gasteiger partial charge in [-0.2, -0.15) is 0 Å². The Bertz CT molecular complexity index is 737. The summed E-state index contributed by atoms with van der Waals surface area (Å²) in [6, 6.07) is 1.64. The van der Waals surface area contributed by atoms with Crippen molar-refractivity contribution in [2.45, 2.75) is 19.8 Å². The molecule has 1 aromatic rings. The number of piperidine rings is 1. The van der Waals surface area contributed by atoms with Crippen LogP contribution in [0, 0.1) is 18.3 Å². The predicted molar refractivity (Wildman–Crippen MR) is 90.6 cm³/mol. The van der Waals surface area contributed by atoms with Gasteiger partial charge in [0.25, 0.3) is 5.91 Å². The molecule has 140 valence electrons. The molecule has 2 aliphatic heterocycles. The third-order valence-electron chi connectivity index (χ3n) is 5.50. The molecule has 1 amide bonds. The first-order valence-corrected chi connectivity index (χ1v) is 10.3. The molecule has 1 aromatic heterocycles. The minimum absolute atomic E-state index is 0.132. The van der Waals surface area contributed by atoms with Crippen LogP contribution in [-0.2, 0) is 14.8 Å². The molecule has 1 atom stereocenters. The topological polar surface area (TPSA) is 93.0 Å². The van der Waals surface area contributed by atoms with Crippen LogP contribution in [0.25, 0.3) is 0 Å². The molecule has 1 spiro atoms. The van der Waals surface area contributed by atoms with Gasteiger partial charge in [0.1, 0.15) is 0 Å². The van der Waals surface area contributed by atoms with Gasteiger partial charge in [-0.3, -0.25) is 4.79 Å². The second-order valence-corrected chi connectivity index (χ2v) is 9.18. The molecule has 2 fully saturated rings. The van der Waals surface area contributed by atoms with Crippen LogP contribution in [0.3, 0.4) is 0 Å². The van der Waals surface area contributed by atoms with E-state index in [0.29, 0.717) is 38.5 Å². The maximum absolute atomic E-state index is 12.5. The van der Waals surface area contributed by atoms with Crippen LogP contribution < -0.4 is 0 Å². The number of carbonyl (C=O) groups excluding carboxylic acids is 1. The maximum atomic E-state index is 12.5. The van der Waals surface area contributed by atoms with Crippen molar-refractivity contribution in [2.75, 3.05) is 46.2 Å². The quantitative estimate of drug-likeness (QED) is 0.775. The average molecular weight is 371 g/mol. The number of hydrogen-bond donors (Lipinski definition) is 0. The molecule has 0 aliphatic carbocycles. The van der Waals surface area contributed by atoms with Crippen LogP contribution in [-0.4, -0.2) is 74.8 Å². The van der Waals surface area contributed by atoms with E-state index in [0.717, 1.165) is 12.8 Å². The fraction of sp³-hybridized carbons (Fsp3) is 0.750. The second kappa shape index (κ2) is 6.69. The van der Waals surface area contributed by atoms with Crippen molar-refractivity contribution in [3.8, 4) is 0 Å². The number of sulfonamides is 1. The zero-order valence-corrected chi connectivity index (χ0v) is 15.7. The summed E-state index contributed by atoms with van der Waals surface area (Å²) in [5.74, 6) is 0.250. The first kappa shape index (κ1) is 18.3. The molecule has 0 aromatic carbocycles. The van der Waals surface area contributed by atoms with E-state index >= 15 is 0 Å². The van der Waals surface area contributed by atoms with Crippen LogP contribution in [0.2, 0.25) is 0 Å². The molecular weight excluding hydrogens is 346 g/mol. The van der Waals surface area contributed by atoms with Gasteiger partial charge < -0.3 is 14.2 Å². The van der Waals surface area contributed by atoms with Crippen molar-refractivity contribution in [1.82, 2.24) is 14.4 Å². The monoisotopic (exact) mass is 371 g/mol. The Morgan fingerprint density at radius 2 is 2.12 bits per heavy atom. The Labute approximate surface area is 148 Å². The second-order valence-electron chi connectivity index (χ2n) is 7.19. The Hall–Kier alpha value is -1.45. The highest BCUT2D eigenvalue weighted by Crippen LogP contribution is 2.45. The van der Waals surface area contributed by atoms with Crippen molar-refractivity contribution in [3.05, 3.63) is 17.5 Å². The number of amides is 1. The molecule has 0 unspecified atom stereocenters. The normalized spacial score (nSPS) is 24.1. The number of carbonyl (C=O) groups is 1. The summed E-state index contributed by atoms with van der Waals surface area (Å²) in [5.41, 5.74) is 0.546. The third-order valence-corrected chi connectivity index (χ3v) is 6.72. The van der Waals surface area contributed by atoms with E-state index in [2.05, 4.69) is 5.16 Å². The molecule has 9 heteroatoms. The molecule has 25 heavy (non-hydrogen) atoms. The summed E-state index contributed by atoms with van der Waals surface area (Å²) in [5, 5.41) is 3.76. The molecule has 0 saturated carbocycles. The van der Waals surface area contributed by atoms with Crippen LogP contribution >= 0.6 is 0 Å². The lowest BCUT2D eigenvalue weighted by molar-refractivity contribution is 0.0307. The first-order chi connectivity index (χ1) is 11.7. The van der Waals surface area contributed by atoms with Gasteiger partial charge in [0, 0.05) is 45.3 Å². The third kappa shape index (κ3) is 3.58. The van der Waals surface area contributed by atoms with E-state index in [9.17, 15) is 13.2 Å². The molecule has 2 saturated heterocycles. The number of likely N-dealkylation sites (tertiary alicyclic amines) is 1. The number of hydrogen-bond acceptors (Lipinski definition) is 6. The number of aryl methyl sites for hydroxylation is 1. The first-order valence-electron chi connectivity index (χ1n) is 8.42. The van der Waals surface area contributed by atoms with Gasteiger partial charge in [-0.15, -0.1) is 0 Å². The van der Waals surface area contributed by atoms with Gasteiger partial charge in [0.05, 0.1) is 18.6 Å². The highest BCUT2D eigenvalue weighted by Gasteiger charge is 2.50. The average Bonchev–Trinajstić information content (AvgIpc) is 3.13. The molecule has 3 heterocycles.